The third-order valence-electron chi connectivity index (χ3n) is 5.86. The summed E-state index contributed by atoms with van der Waals surface area (Å²) in [5, 5.41) is 3.31. The first-order valence-electron chi connectivity index (χ1n) is 11.1. The van der Waals surface area contributed by atoms with Gasteiger partial charge in [-0.25, -0.2) is 4.98 Å². The number of benzene rings is 4. The van der Waals surface area contributed by atoms with Crippen LogP contribution in [0, 0.1) is 0 Å². The summed E-state index contributed by atoms with van der Waals surface area (Å²) in [7, 11) is 1.42. The van der Waals surface area contributed by atoms with Crippen molar-refractivity contribution in [2.75, 3.05) is 12.4 Å². The van der Waals surface area contributed by atoms with E-state index in [9.17, 15) is 18.0 Å². The van der Waals surface area contributed by atoms with Gasteiger partial charge < -0.3 is 15.0 Å². The van der Waals surface area contributed by atoms with Crippen LogP contribution in [0.5, 0.6) is 5.75 Å². The molecule has 1 aromatic heterocycles. The number of nitrogens with one attached hydrogen (secondary N) is 2. The largest absolute Gasteiger partial charge is 0.496 e. The van der Waals surface area contributed by atoms with Gasteiger partial charge in [0, 0.05) is 11.3 Å². The van der Waals surface area contributed by atoms with Gasteiger partial charge in [0.05, 0.1) is 34.3 Å². The Labute approximate surface area is 214 Å². The number of carbonyl (C=O) groups excluding carboxylic acids is 1. The molecule has 5 rings (SSSR count). The van der Waals surface area contributed by atoms with Crippen molar-refractivity contribution < 1.29 is 22.7 Å². The van der Waals surface area contributed by atoms with Gasteiger partial charge in [0.1, 0.15) is 11.6 Å². The van der Waals surface area contributed by atoms with Crippen molar-refractivity contribution in [2.24, 2.45) is 0 Å². The molecule has 186 valence electrons. The second-order valence-electron chi connectivity index (χ2n) is 8.24. The molecule has 9 heteroatoms. The fraction of sp³-hybridized carbons (Fsp3) is 0.0714. The number of methoxy groups -OCH3 is 1. The van der Waals surface area contributed by atoms with Crippen LogP contribution in [0.1, 0.15) is 15.9 Å². The maximum atomic E-state index is 13.1. The van der Waals surface area contributed by atoms with Crippen LogP contribution < -0.4 is 10.1 Å². The maximum absolute atomic E-state index is 13.1. The van der Waals surface area contributed by atoms with Gasteiger partial charge in [-0.15, -0.1) is 0 Å². The standard InChI is InChI=1S/C28H19ClF3N3O2/c1-37-25-14-17(16-6-9-18(10-7-16)28(30,31)32)8-12-20(25)27(36)33-19-11-13-22(29)21(15-19)26-34-23-4-2-3-5-24(23)35-26/h2-15H,1H3,(H,33,36)(H,34,35). The van der Waals surface area contributed by atoms with Crippen LogP contribution in [0.15, 0.2) is 84.9 Å². The number of para-hydroxylation sites is 2. The number of halogens is 4. The lowest BCUT2D eigenvalue weighted by atomic mass is 10.0. The maximum Gasteiger partial charge on any atom is 0.416 e. The molecule has 37 heavy (non-hydrogen) atoms. The van der Waals surface area contributed by atoms with E-state index in [0.29, 0.717) is 33.2 Å². The highest BCUT2D eigenvalue weighted by atomic mass is 35.5. The number of ether oxygens (including phenoxy) is 1. The molecule has 0 unspecified atom stereocenters. The van der Waals surface area contributed by atoms with E-state index in [2.05, 4.69) is 15.3 Å². The Morgan fingerprint density at radius 3 is 2.38 bits per heavy atom. The fourth-order valence-corrected chi connectivity index (χ4v) is 4.18. The predicted octanol–water partition coefficient (Wildman–Crippen LogP) is 7.83. The summed E-state index contributed by atoms with van der Waals surface area (Å²) in [4.78, 5) is 20.9. The molecule has 5 nitrogen and oxygen atoms in total. The molecule has 5 aromatic rings. The SMILES string of the molecule is COc1cc(-c2ccc(C(F)(F)F)cc2)ccc1C(=O)Nc1ccc(Cl)c(-c2nc3ccccc3[nH]2)c1. The molecule has 0 aliphatic heterocycles. The van der Waals surface area contributed by atoms with E-state index >= 15 is 0 Å². The smallest absolute Gasteiger partial charge is 0.416 e. The zero-order valence-electron chi connectivity index (χ0n) is 19.4. The van der Waals surface area contributed by atoms with Crippen LogP contribution in [0.3, 0.4) is 0 Å². The van der Waals surface area contributed by atoms with Crippen LogP contribution in [0.25, 0.3) is 33.5 Å². The summed E-state index contributed by atoms with van der Waals surface area (Å²) in [6.45, 7) is 0. The van der Waals surface area contributed by atoms with Crippen molar-refractivity contribution in [2.45, 2.75) is 6.18 Å². The molecule has 0 radical (unpaired) electrons. The normalized spacial score (nSPS) is 11.5. The molecule has 0 aliphatic carbocycles. The molecule has 0 spiro atoms. The van der Waals surface area contributed by atoms with Crippen molar-refractivity contribution >= 4 is 34.2 Å². The Kier molecular flexibility index (Phi) is 6.35. The van der Waals surface area contributed by atoms with Gasteiger partial charge in [-0.05, 0) is 65.7 Å². The number of aromatic nitrogens is 2. The summed E-state index contributed by atoms with van der Waals surface area (Å²) in [6.07, 6.45) is -4.41. The van der Waals surface area contributed by atoms with Crippen LogP contribution in [-0.4, -0.2) is 23.0 Å². The highest BCUT2D eigenvalue weighted by Crippen LogP contribution is 2.34. The Bertz CT molecular complexity index is 1580. The molecule has 0 bridgehead atoms. The highest BCUT2D eigenvalue weighted by molar-refractivity contribution is 6.33. The van der Waals surface area contributed by atoms with Gasteiger partial charge in [-0.2, -0.15) is 13.2 Å². The van der Waals surface area contributed by atoms with Gasteiger partial charge in [0.15, 0.2) is 0 Å². The van der Waals surface area contributed by atoms with Crippen molar-refractivity contribution in [1.82, 2.24) is 9.97 Å². The molecule has 0 atom stereocenters. The van der Waals surface area contributed by atoms with Crippen molar-refractivity contribution in [3.63, 3.8) is 0 Å². The average molecular weight is 522 g/mol. The first-order valence-corrected chi connectivity index (χ1v) is 11.5. The Balaban J connectivity index is 1.40. The zero-order valence-corrected chi connectivity index (χ0v) is 20.1. The zero-order chi connectivity index (χ0) is 26.2. The molecule has 0 saturated carbocycles. The van der Waals surface area contributed by atoms with Gasteiger partial charge in [0.25, 0.3) is 5.91 Å². The second kappa shape index (κ2) is 9.63. The molecule has 2 N–H and O–H groups in total. The summed E-state index contributed by atoms with van der Waals surface area (Å²) >= 11 is 6.41. The average Bonchev–Trinajstić information content (AvgIpc) is 3.33. The monoisotopic (exact) mass is 521 g/mol. The quantitative estimate of drug-likeness (QED) is 0.248. The molecule has 1 heterocycles. The fourth-order valence-electron chi connectivity index (χ4n) is 3.97. The topological polar surface area (TPSA) is 67.0 Å². The number of hydrogen-bond donors (Lipinski definition) is 2. The van der Waals surface area contributed by atoms with Crippen LogP contribution >= 0.6 is 11.6 Å². The molecular weight excluding hydrogens is 503 g/mol. The number of nitrogens with zero attached hydrogens (tertiary/aromatic N) is 1. The van der Waals surface area contributed by atoms with Crippen molar-refractivity contribution in [3.8, 4) is 28.3 Å². The van der Waals surface area contributed by atoms with E-state index in [1.54, 1.807) is 36.4 Å². The lowest BCUT2D eigenvalue weighted by Gasteiger charge is -2.13. The van der Waals surface area contributed by atoms with Gasteiger partial charge in [-0.1, -0.05) is 41.9 Å². The van der Waals surface area contributed by atoms with Crippen LogP contribution in [0.2, 0.25) is 5.02 Å². The minimum Gasteiger partial charge on any atom is -0.496 e. The molecule has 0 fully saturated rings. The molecule has 0 saturated heterocycles. The second-order valence-corrected chi connectivity index (χ2v) is 8.65. The molecule has 0 aliphatic rings. The van der Waals surface area contributed by atoms with Gasteiger partial charge in [-0.3, -0.25) is 4.79 Å². The summed E-state index contributed by atoms with van der Waals surface area (Å²) < 4.78 is 44.0. The summed E-state index contributed by atoms with van der Waals surface area (Å²) in [5.74, 6) is 0.427. The van der Waals surface area contributed by atoms with Gasteiger partial charge >= 0.3 is 6.18 Å². The number of anilines is 1. The minimum absolute atomic E-state index is 0.262. The van der Waals surface area contributed by atoms with Crippen molar-refractivity contribution in [3.05, 3.63) is 101 Å². The van der Waals surface area contributed by atoms with E-state index in [1.165, 1.54) is 19.2 Å². The number of carbonyl (C=O) groups is 1. The van der Waals surface area contributed by atoms with Crippen LogP contribution in [0.4, 0.5) is 18.9 Å². The third kappa shape index (κ3) is 5.01. The van der Waals surface area contributed by atoms with Gasteiger partial charge in [0.2, 0.25) is 0 Å². The lowest BCUT2D eigenvalue weighted by molar-refractivity contribution is -0.137. The minimum atomic E-state index is -4.41. The number of rotatable bonds is 5. The van der Waals surface area contributed by atoms with E-state index in [0.717, 1.165) is 23.2 Å². The number of alkyl halides is 3. The summed E-state index contributed by atoms with van der Waals surface area (Å²) in [5.41, 5.74) is 3.48. The number of hydrogen-bond acceptors (Lipinski definition) is 3. The first kappa shape index (κ1) is 24.4. The number of fused-ring (bicyclic) bond motifs is 1. The number of aromatic amines is 1. The Morgan fingerprint density at radius 1 is 0.946 bits per heavy atom. The Hall–Kier alpha value is -4.30. The number of H-pyrrole nitrogens is 1. The van der Waals surface area contributed by atoms with E-state index in [4.69, 9.17) is 16.3 Å². The number of amides is 1. The van der Waals surface area contributed by atoms with E-state index in [1.807, 2.05) is 24.3 Å². The first-order chi connectivity index (χ1) is 17.7. The van der Waals surface area contributed by atoms with Crippen LogP contribution in [-0.2, 0) is 6.18 Å². The third-order valence-corrected chi connectivity index (χ3v) is 6.19. The van der Waals surface area contributed by atoms with E-state index in [-0.39, 0.29) is 11.3 Å². The highest BCUT2D eigenvalue weighted by Gasteiger charge is 2.30. The predicted molar refractivity (Wildman–Crippen MR) is 138 cm³/mol. The van der Waals surface area contributed by atoms with Crippen molar-refractivity contribution in [1.29, 1.82) is 0 Å². The summed E-state index contributed by atoms with van der Waals surface area (Å²) in [6, 6.07) is 22.3. The molecular formula is C28H19ClF3N3O2. The molecule has 1 amide bonds. The van der Waals surface area contributed by atoms with E-state index < -0.39 is 17.6 Å². The lowest BCUT2D eigenvalue weighted by Crippen LogP contribution is -2.13. The Morgan fingerprint density at radius 2 is 1.68 bits per heavy atom. The number of imidazole rings is 1. The molecule has 4 aromatic carbocycles.